The molecule has 5 heteroatoms. The van der Waals surface area contributed by atoms with Gasteiger partial charge in [-0.05, 0) is 27.7 Å². The second-order valence-corrected chi connectivity index (χ2v) is 6.58. The third-order valence-electron chi connectivity index (χ3n) is 3.08. The van der Waals surface area contributed by atoms with E-state index in [1.54, 1.807) is 12.4 Å². The van der Waals surface area contributed by atoms with Crippen LogP contribution < -0.4 is 9.80 Å². The van der Waals surface area contributed by atoms with Crippen molar-refractivity contribution in [3.8, 4) is 0 Å². The first-order chi connectivity index (χ1) is 8.70. The van der Waals surface area contributed by atoms with Crippen LogP contribution in [0, 0.1) is 0 Å². The molecule has 2 heterocycles. The summed E-state index contributed by atoms with van der Waals surface area (Å²) in [7, 11) is 3.98. The Morgan fingerprint density at radius 2 is 1.58 bits per heavy atom. The first kappa shape index (κ1) is 14.1. The van der Waals surface area contributed by atoms with Crippen molar-refractivity contribution in [1.29, 1.82) is 0 Å². The largest absolute Gasteiger partial charge is 0.366 e. The lowest BCUT2D eigenvalue weighted by atomic mass is 9.99. The van der Waals surface area contributed by atoms with Gasteiger partial charge in [-0.25, -0.2) is 9.97 Å². The van der Waals surface area contributed by atoms with E-state index in [9.17, 15) is 0 Å². The predicted molar refractivity (Wildman–Crippen MR) is 77.8 cm³/mol. The monoisotopic (exact) mass is 264 g/mol. The maximum absolute atomic E-state index is 6.11. The third-order valence-corrected chi connectivity index (χ3v) is 3.08. The quantitative estimate of drug-likeness (QED) is 0.816. The topological polar surface area (TPSA) is 41.5 Å². The molecule has 1 fully saturated rings. The Kier molecular flexibility index (Phi) is 3.43. The minimum Gasteiger partial charge on any atom is -0.366 e. The van der Waals surface area contributed by atoms with Crippen molar-refractivity contribution in [3.05, 3.63) is 12.4 Å². The van der Waals surface area contributed by atoms with Gasteiger partial charge in [-0.3, -0.25) is 0 Å². The summed E-state index contributed by atoms with van der Waals surface area (Å²) in [6, 6.07) is 0. The molecule has 1 aromatic heterocycles. The lowest BCUT2D eigenvalue weighted by Gasteiger charge is -2.47. The molecule has 19 heavy (non-hydrogen) atoms. The Morgan fingerprint density at radius 1 is 1.05 bits per heavy atom. The fraction of sp³-hybridized carbons (Fsp3) is 0.714. The Balaban J connectivity index is 2.36. The van der Waals surface area contributed by atoms with Crippen LogP contribution in [0.1, 0.15) is 27.7 Å². The summed E-state index contributed by atoms with van der Waals surface area (Å²) < 4.78 is 6.11. The highest BCUT2D eigenvalue weighted by molar-refractivity contribution is 5.62. The smallest absolute Gasteiger partial charge is 0.172 e. The van der Waals surface area contributed by atoms with Gasteiger partial charge in [-0.15, -0.1) is 0 Å². The molecule has 0 unspecified atom stereocenters. The highest BCUT2D eigenvalue weighted by Gasteiger charge is 2.39. The molecule has 0 aliphatic carbocycles. The van der Waals surface area contributed by atoms with Crippen LogP contribution in [-0.4, -0.2) is 48.4 Å². The SMILES string of the molecule is CN(C)c1nccnc1N1CC(C)(C)OC(C)(C)C1. The third kappa shape index (κ3) is 3.15. The Morgan fingerprint density at radius 3 is 2.11 bits per heavy atom. The highest BCUT2D eigenvalue weighted by atomic mass is 16.5. The number of ether oxygens (including phenoxy) is 1. The fourth-order valence-electron chi connectivity index (χ4n) is 2.80. The highest BCUT2D eigenvalue weighted by Crippen LogP contribution is 2.33. The average molecular weight is 264 g/mol. The van der Waals surface area contributed by atoms with Crippen molar-refractivity contribution >= 4 is 11.6 Å². The van der Waals surface area contributed by atoms with Gasteiger partial charge in [-0.1, -0.05) is 0 Å². The van der Waals surface area contributed by atoms with Crippen LogP contribution >= 0.6 is 0 Å². The zero-order chi connectivity index (χ0) is 14.3. The number of nitrogens with zero attached hydrogens (tertiary/aromatic N) is 4. The first-order valence-corrected chi connectivity index (χ1v) is 6.64. The van der Waals surface area contributed by atoms with Gasteiger partial charge in [0, 0.05) is 39.6 Å². The predicted octanol–water partition coefficient (Wildman–Crippen LogP) is 1.94. The number of morpholine rings is 1. The van der Waals surface area contributed by atoms with Crippen molar-refractivity contribution in [2.75, 3.05) is 37.0 Å². The Labute approximate surface area is 115 Å². The number of hydrogen-bond acceptors (Lipinski definition) is 5. The maximum Gasteiger partial charge on any atom is 0.172 e. The molecule has 1 aromatic rings. The van der Waals surface area contributed by atoms with Crippen LogP contribution in [0.2, 0.25) is 0 Å². The van der Waals surface area contributed by atoms with Gasteiger partial charge >= 0.3 is 0 Å². The summed E-state index contributed by atoms with van der Waals surface area (Å²) in [5, 5.41) is 0. The van der Waals surface area contributed by atoms with Gasteiger partial charge in [0.1, 0.15) is 0 Å². The summed E-state index contributed by atoms with van der Waals surface area (Å²) in [4.78, 5) is 13.2. The van der Waals surface area contributed by atoms with Crippen LogP contribution in [0.3, 0.4) is 0 Å². The van der Waals surface area contributed by atoms with Gasteiger partial charge in [0.25, 0.3) is 0 Å². The van der Waals surface area contributed by atoms with Gasteiger partial charge in [0.05, 0.1) is 11.2 Å². The van der Waals surface area contributed by atoms with Crippen molar-refractivity contribution in [2.45, 2.75) is 38.9 Å². The van der Waals surface area contributed by atoms with Crippen molar-refractivity contribution in [3.63, 3.8) is 0 Å². The molecule has 0 radical (unpaired) electrons. The summed E-state index contributed by atoms with van der Waals surface area (Å²) in [5.74, 6) is 1.83. The average Bonchev–Trinajstić information content (AvgIpc) is 2.24. The zero-order valence-electron chi connectivity index (χ0n) is 12.8. The van der Waals surface area contributed by atoms with Crippen LogP contribution in [0.25, 0.3) is 0 Å². The van der Waals surface area contributed by atoms with E-state index in [0.717, 1.165) is 24.7 Å². The second-order valence-electron chi connectivity index (χ2n) is 6.58. The molecular formula is C14H24N4O. The molecule has 0 aromatic carbocycles. The van der Waals surface area contributed by atoms with E-state index >= 15 is 0 Å². The minimum atomic E-state index is -0.192. The van der Waals surface area contributed by atoms with Crippen LogP contribution in [0.15, 0.2) is 12.4 Å². The summed E-state index contributed by atoms with van der Waals surface area (Å²) in [6.07, 6.45) is 3.48. The van der Waals surface area contributed by atoms with E-state index in [2.05, 4.69) is 42.6 Å². The van der Waals surface area contributed by atoms with Gasteiger partial charge in [-0.2, -0.15) is 0 Å². The summed E-state index contributed by atoms with van der Waals surface area (Å²) in [6.45, 7) is 10.1. The number of hydrogen-bond donors (Lipinski definition) is 0. The molecule has 0 spiro atoms. The fourth-order valence-corrected chi connectivity index (χ4v) is 2.80. The Bertz CT molecular complexity index is 441. The first-order valence-electron chi connectivity index (χ1n) is 6.64. The molecular weight excluding hydrogens is 240 g/mol. The maximum atomic E-state index is 6.11. The van der Waals surface area contributed by atoms with E-state index in [4.69, 9.17) is 4.74 Å². The van der Waals surface area contributed by atoms with E-state index < -0.39 is 0 Å². The lowest BCUT2D eigenvalue weighted by Crippen LogP contribution is -2.57. The molecule has 106 valence electrons. The van der Waals surface area contributed by atoms with E-state index in [0.29, 0.717) is 0 Å². The molecule has 1 aliphatic heterocycles. The molecule has 0 saturated carbocycles. The molecule has 0 bridgehead atoms. The molecule has 5 nitrogen and oxygen atoms in total. The molecule has 1 aliphatic rings. The summed E-state index contributed by atoms with van der Waals surface area (Å²) in [5.41, 5.74) is -0.383. The van der Waals surface area contributed by atoms with E-state index in [-0.39, 0.29) is 11.2 Å². The van der Waals surface area contributed by atoms with Crippen LogP contribution in [0.4, 0.5) is 11.6 Å². The Hall–Kier alpha value is -1.36. The van der Waals surface area contributed by atoms with Crippen molar-refractivity contribution < 1.29 is 4.74 Å². The molecule has 0 atom stereocenters. The standard InChI is InChI=1S/C14H24N4O/c1-13(2)9-18(10-14(3,4)19-13)12-11(17(5)6)15-7-8-16-12/h7-8H,9-10H2,1-6H3. The molecule has 1 saturated heterocycles. The van der Waals surface area contributed by atoms with Gasteiger partial charge in [0.2, 0.25) is 0 Å². The molecule has 2 rings (SSSR count). The van der Waals surface area contributed by atoms with Gasteiger partial charge < -0.3 is 14.5 Å². The van der Waals surface area contributed by atoms with Crippen molar-refractivity contribution in [1.82, 2.24) is 9.97 Å². The number of anilines is 2. The zero-order valence-corrected chi connectivity index (χ0v) is 12.8. The minimum absolute atomic E-state index is 0.192. The van der Waals surface area contributed by atoms with Crippen LogP contribution in [0.5, 0.6) is 0 Å². The van der Waals surface area contributed by atoms with Gasteiger partial charge in [0.15, 0.2) is 11.6 Å². The summed E-state index contributed by atoms with van der Waals surface area (Å²) >= 11 is 0. The van der Waals surface area contributed by atoms with E-state index in [1.165, 1.54) is 0 Å². The lowest BCUT2D eigenvalue weighted by molar-refractivity contribution is -0.133. The van der Waals surface area contributed by atoms with Crippen molar-refractivity contribution in [2.24, 2.45) is 0 Å². The van der Waals surface area contributed by atoms with Crippen LogP contribution in [-0.2, 0) is 4.74 Å². The molecule has 0 amide bonds. The second kappa shape index (κ2) is 4.63. The number of aromatic nitrogens is 2. The van der Waals surface area contributed by atoms with E-state index in [1.807, 2.05) is 19.0 Å². The number of rotatable bonds is 2. The normalized spacial score (nSPS) is 21.3. The molecule has 0 N–H and O–H groups in total.